The third kappa shape index (κ3) is 5.37. The van der Waals surface area contributed by atoms with E-state index in [-0.39, 0.29) is 0 Å². The minimum atomic E-state index is -0.951. The molecule has 0 saturated carbocycles. The number of rotatable bonds is 7. The SMILES string of the molecule is COc1ccc(C=CC(=O)OC(C)C(=O)Nc2ccccc2OC)cc1. The van der Waals surface area contributed by atoms with Crippen molar-refractivity contribution in [3.05, 3.63) is 60.2 Å². The van der Waals surface area contributed by atoms with Crippen molar-refractivity contribution in [3.63, 3.8) is 0 Å². The lowest BCUT2D eigenvalue weighted by Gasteiger charge is -2.14. The molecule has 0 aliphatic rings. The molecule has 2 aromatic rings. The van der Waals surface area contributed by atoms with Gasteiger partial charge in [-0.15, -0.1) is 0 Å². The molecule has 1 unspecified atom stereocenters. The molecule has 136 valence electrons. The van der Waals surface area contributed by atoms with Crippen LogP contribution in [0.3, 0.4) is 0 Å². The highest BCUT2D eigenvalue weighted by atomic mass is 16.5. The average molecular weight is 355 g/mol. The quantitative estimate of drug-likeness (QED) is 0.609. The van der Waals surface area contributed by atoms with Gasteiger partial charge in [-0.2, -0.15) is 0 Å². The van der Waals surface area contributed by atoms with Gasteiger partial charge in [0.2, 0.25) is 0 Å². The van der Waals surface area contributed by atoms with Crippen LogP contribution in [-0.4, -0.2) is 32.2 Å². The fraction of sp³-hybridized carbons (Fsp3) is 0.200. The molecule has 26 heavy (non-hydrogen) atoms. The van der Waals surface area contributed by atoms with Gasteiger partial charge >= 0.3 is 5.97 Å². The molecule has 0 aliphatic heterocycles. The number of benzene rings is 2. The number of carbonyl (C=O) groups is 2. The number of esters is 1. The third-order valence-corrected chi connectivity index (χ3v) is 3.55. The maximum Gasteiger partial charge on any atom is 0.331 e. The largest absolute Gasteiger partial charge is 0.497 e. The monoisotopic (exact) mass is 355 g/mol. The van der Waals surface area contributed by atoms with E-state index in [2.05, 4.69) is 5.32 Å². The molecule has 1 N–H and O–H groups in total. The first-order chi connectivity index (χ1) is 12.5. The van der Waals surface area contributed by atoms with Gasteiger partial charge in [0, 0.05) is 6.08 Å². The maximum atomic E-state index is 12.2. The molecule has 0 aliphatic carbocycles. The second kappa shape index (κ2) is 9.27. The summed E-state index contributed by atoms with van der Waals surface area (Å²) >= 11 is 0. The fourth-order valence-corrected chi connectivity index (χ4v) is 2.13. The molecule has 0 aromatic heterocycles. The highest BCUT2D eigenvalue weighted by Gasteiger charge is 2.18. The van der Waals surface area contributed by atoms with Crippen LogP contribution in [0.5, 0.6) is 11.5 Å². The number of hydrogen-bond donors (Lipinski definition) is 1. The van der Waals surface area contributed by atoms with E-state index in [1.54, 1.807) is 61.7 Å². The van der Waals surface area contributed by atoms with Gasteiger partial charge in [-0.25, -0.2) is 4.79 Å². The van der Waals surface area contributed by atoms with E-state index in [4.69, 9.17) is 14.2 Å². The van der Waals surface area contributed by atoms with Crippen LogP contribution in [0.4, 0.5) is 5.69 Å². The molecule has 0 heterocycles. The molecule has 1 atom stereocenters. The first-order valence-electron chi connectivity index (χ1n) is 8.00. The smallest absolute Gasteiger partial charge is 0.331 e. The summed E-state index contributed by atoms with van der Waals surface area (Å²) < 4.78 is 15.4. The lowest BCUT2D eigenvalue weighted by molar-refractivity contribution is -0.148. The van der Waals surface area contributed by atoms with Gasteiger partial charge in [0.15, 0.2) is 6.10 Å². The molecule has 0 saturated heterocycles. The molecular formula is C20H21NO5. The van der Waals surface area contributed by atoms with Gasteiger partial charge in [0.25, 0.3) is 5.91 Å². The average Bonchev–Trinajstić information content (AvgIpc) is 2.67. The van der Waals surface area contributed by atoms with Crippen LogP contribution < -0.4 is 14.8 Å². The number of para-hydroxylation sites is 2. The standard InChI is InChI=1S/C20H21NO5/c1-14(20(23)21-17-6-4-5-7-18(17)25-3)26-19(22)13-10-15-8-11-16(24-2)12-9-15/h4-14H,1-3H3,(H,21,23). The van der Waals surface area contributed by atoms with Crippen molar-refractivity contribution in [2.75, 3.05) is 19.5 Å². The highest BCUT2D eigenvalue weighted by molar-refractivity contribution is 5.97. The summed E-state index contributed by atoms with van der Waals surface area (Å²) in [5.41, 5.74) is 1.32. The van der Waals surface area contributed by atoms with E-state index in [1.165, 1.54) is 20.1 Å². The van der Waals surface area contributed by atoms with Crippen molar-refractivity contribution in [3.8, 4) is 11.5 Å². The first-order valence-corrected chi connectivity index (χ1v) is 8.00. The highest BCUT2D eigenvalue weighted by Crippen LogP contribution is 2.23. The Labute approximate surface area is 152 Å². The number of carbonyl (C=O) groups excluding carboxylic acids is 2. The van der Waals surface area contributed by atoms with Crippen molar-refractivity contribution in [1.82, 2.24) is 0 Å². The Hall–Kier alpha value is -3.28. The summed E-state index contributed by atoms with van der Waals surface area (Å²) in [6.45, 7) is 1.50. The van der Waals surface area contributed by atoms with Gasteiger partial charge in [-0.1, -0.05) is 24.3 Å². The molecule has 2 rings (SSSR count). The van der Waals surface area contributed by atoms with E-state index in [0.717, 1.165) is 11.3 Å². The summed E-state index contributed by atoms with van der Waals surface area (Å²) in [7, 11) is 3.10. The zero-order valence-electron chi connectivity index (χ0n) is 14.9. The van der Waals surface area contributed by atoms with Crippen LogP contribution in [-0.2, 0) is 14.3 Å². The minimum absolute atomic E-state index is 0.444. The molecule has 0 bridgehead atoms. The second-order valence-electron chi connectivity index (χ2n) is 5.38. The van der Waals surface area contributed by atoms with E-state index < -0.39 is 18.0 Å². The summed E-state index contributed by atoms with van der Waals surface area (Å²) in [6.07, 6.45) is 1.93. The minimum Gasteiger partial charge on any atom is -0.497 e. The number of hydrogen-bond acceptors (Lipinski definition) is 5. The molecule has 1 amide bonds. The molecule has 6 nitrogen and oxygen atoms in total. The number of nitrogens with one attached hydrogen (secondary N) is 1. The van der Waals surface area contributed by atoms with Crippen LogP contribution in [0.2, 0.25) is 0 Å². The number of amides is 1. The topological polar surface area (TPSA) is 73.9 Å². The van der Waals surface area contributed by atoms with Gasteiger partial charge in [-0.3, -0.25) is 4.79 Å². The van der Waals surface area contributed by atoms with E-state index in [0.29, 0.717) is 11.4 Å². The zero-order valence-corrected chi connectivity index (χ0v) is 14.9. The predicted molar refractivity (Wildman–Crippen MR) is 99.2 cm³/mol. The van der Waals surface area contributed by atoms with Crippen LogP contribution in [0.15, 0.2) is 54.6 Å². The molecule has 0 radical (unpaired) electrons. The number of ether oxygens (including phenoxy) is 3. The number of methoxy groups -OCH3 is 2. The summed E-state index contributed by atoms with van der Waals surface area (Å²) in [5, 5.41) is 2.67. The van der Waals surface area contributed by atoms with Crippen molar-refractivity contribution in [2.45, 2.75) is 13.0 Å². The summed E-state index contributed by atoms with van der Waals surface area (Å²) in [4.78, 5) is 24.1. The zero-order chi connectivity index (χ0) is 18.9. The second-order valence-corrected chi connectivity index (χ2v) is 5.38. The Balaban J connectivity index is 1.90. The Morgan fingerprint density at radius 1 is 1.00 bits per heavy atom. The van der Waals surface area contributed by atoms with E-state index in [1.807, 2.05) is 0 Å². The third-order valence-electron chi connectivity index (χ3n) is 3.55. The number of anilines is 1. The van der Waals surface area contributed by atoms with Gasteiger partial charge in [0.05, 0.1) is 19.9 Å². The van der Waals surface area contributed by atoms with E-state index in [9.17, 15) is 9.59 Å². The lowest BCUT2D eigenvalue weighted by atomic mass is 10.2. The van der Waals surface area contributed by atoms with Crippen molar-refractivity contribution >= 4 is 23.6 Å². The van der Waals surface area contributed by atoms with Gasteiger partial charge < -0.3 is 19.5 Å². The molecule has 0 spiro atoms. The molecule has 2 aromatic carbocycles. The Morgan fingerprint density at radius 3 is 2.35 bits per heavy atom. The fourth-order valence-electron chi connectivity index (χ4n) is 2.13. The molecule has 6 heteroatoms. The van der Waals surface area contributed by atoms with Crippen LogP contribution in [0.1, 0.15) is 12.5 Å². The van der Waals surface area contributed by atoms with Crippen molar-refractivity contribution in [1.29, 1.82) is 0 Å². The van der Waals surface area contributed by atoms with E-state index >= 15 is 0 Å². The van der Waals surface area contributed by atoms with Crippen LogP contribution >= 0.6 is 0 Å². The maximum absolute atomic E-state index is 12.2. The van der Waals surface area contributed by atoms with Crippen LogP contribution in [0, 0.1) is 0 Å². The summed E-state index contributed by atoms with van der Waals surface area (Å²) in [5.74, 6) is 0.203. The Bertz CT molecular complexity index is 783. The Kier molecular flexibility index (Phi) is 6.79. The van der Waals surface area contributed by atoms with Gasteiger partial charge in [0.1, 0.15) is 11.5 Å². The van der Waals surface area contributed by atoms with Gasteiger partial charge in [-0.05, 0) is 42.8 Å². The van der Waals surface area contributed by atoms with Crippen LogP contribution in [0.25, 0.3) is 6.08 Å². The molecule has 0 fully saturated rings. The normalized spacial score (nSPS) is 11.7. The Morgan fingerprint density at radius 2 is 1.69 bits per heavy atom. The first kappa shape index (κ1) is 19.1. The van der Waals surface area contributed by atoms with Crippen molar-refractivity contribution < 1.29 is 23.8 Å². The van der Waals surface area contributed by atoms with Crippen molar-refractivity contribution in [2.24, 2.45) is 0 Å². The molecular weight excluding hydrogens is 334 g/mol. The summed E-state index contributed by atoms with van der Waals surface area (Å²) in [6, 6.07) is 14.2. The lowest BCUT2D eigenvalue weighted by Crippen LogP contribution is -2.29. The predicted octanol–water partition coefficient (Wildman–Crippen LogP) is 3.29.